The summed E-state index contributed by atoms with van der Waals surface area (Å²) in [5.74, 6) is 0.0867. The number of rotatable bonds is 3. The van der Waals surface area contributed by atoms with E-state index in [4.69, 9.17) is 0 Å². The van der Waals surface area contributed by atoms with Crippen LogP contribution < -0.4 is 0 Å². The van der Waals surface area contributed by atoms with Crippen molar-refractivity contribution in [1.82, 2.24) is 9.80 Å². The Morgan fingerprint density at radius 3 is 2.67 bits per heavy atom. The number of amides is 1. The van der Waals surface area contributed by atoms with E-state index in [0.717, 1.165) is 23.5 Å². The Hall–Kier alpha value is -1.00. The Labute approximate surface area is 114 Å². The number of thiol groups is 1. The van der Waals surface area contributed by atoms with Gasteiger partial charge in [-0.05, 0) is 50.7 Å². The molecule has 3 nitrogen and oxygen atoms in total. The number of benzene rings is 1. The summed E-state index contributed by atoms with van der Waals surface area (Å²) < 4.78 is 0. The third-order valence-corrected chi connectivity index (χ3v) is 3.92. The Bertz CT molecular complexity index is 418. The minimum absolute atomic E-state index is 0.0867. The van der Waals surface area contributed by atoms with Crippen LogP contribution in [0.4, 0.5) is 0 Å². The molecule has 1 unspecified atom stereocenters. The van der Waals surface area contributed by atoms with E-state index < -0.39 is 0 Å². The third kappa shape index (κ3) is 3.06. The van der Waals surface area contributed by atoms with Crippen LogP contribution in [-0.4, -0.2) is 48.9 Å². The van der Waals surface area contributed by atoms with Crippen LogP contribution >= 0.6 is 12.6 Å². The van der Waals surface area contributed by atoms with E-state index in [0.29, 0.717) is 6.04 Å². The molecule has 98 valence electrons. The molecule has 1 aliphatic rings. The highest BCUT2D eigenvalue weighted by molar-refractivity contribution is 7.80. The molecule has 1 fully saturated rings. The summed E-state index contributed by atoms with van der Waals surface area (Å²) in [5.41, 5.74) is 0.732. The summed E-state index contributed by atoms with van der Waals surface area (Å²) in [5, 5.41) is 0. The van der Waals surface area contributed by atoms with Crippen molar-refractivity contribution < 1.29 is 4.79 Å². The van der Waals surface area contributed by atoms with Crippen molar-refractivity contribution in [3.05, 3.63) is 29.8 Å². The van der Waals surface area contributed by atoms with Crippen molar-refractivity contribution in [3.63, 3.8) is 0 Å². The molecule has 1 atom stereocenters. The van der Waals surface area contributed by atoms with Crippen LogP contribution in [0.5, 0.6) is 0 Å². The molecule has 18 heavy (non-hydrogen) atoms. The van der Waals surface area contributed by atoms with Crippen LogP contribution in [0.25, 0.3) is 0 Å². The molecule has 1 amide bonds. The van der Waals surface area contributed by atoms with Gasteiger partial charge in [0.2, 0.25) is 0 Å². The molecule has 1 aromatic carbocycles. The predicted molar refractivity (Wildman–Crippen MR) is 76.3 cm³/mol. The molecular formula is C14H20N2OS. The molecule has 0 saturated carbocycles. The number of likely N-dealkylation sites (N-methyl/N-ethyl adjacent to an activating group) is 2. The van der Waals surface area contributed by atoms with Crippen molar-refractivity contribution >= 4 is 18.5 Å². The predicted octanol–water partition coefficient (Wildman–Crippen LogP) is 2.14. The largest absolute Gasteiger partial charge is 0.340 e. The van der Waals surface area contributed by atoms with Gasteiger partial charge in [0.25, 0.3) is 5.91 Å². The van der Waals surface area contributed by atoms with Gasteiger partial charge in [-0.25, -0.2) is 0 Å². The molecule has 0 N–H and O–H groups in total. The summed E-state index contributed by atoms with van der Waals surface area (Å²) in [7, 11) is 4.01. The minimum atomic E-state index is 0.0867. The lowest BCUT2D eigenvalue weighted by atomic mass is 10.1. The van der Waals surface area contributed by atoms with Crippen molar-refractivity contribution in [2.45, 2.75) is 23.8 Å². The fourth-order valence-electron chi connectivity index (χ4n) is 2.43. The summed E-state index contributed by atoms with van der Waals surface area (Å²) in [6.07, 6.45) is 2.42. The standard InChI is InChI=1S/C14H20N2OS/c1-15-9-3-4-12(15)10-16(2)14(17)11-5-7-13(18)8-6-11/h5-8,12,18H,3-4,9-10H2,1-2H3. The van der Waals surface area contributed by atoms with E-state index in [1.54, 1.807) is 0 Å². The van der Waals surface area contributed by atoms with Crippen LogP contribution in [-0.2, 0) is 0 Å². The van der Waals surface area contributed by atoms with Crippen molar-refractivity contribution in [1.29, 1.82) is 0 Å². The third-order valence-electron chi connectivity index (χ3n) is 3.62. The normalized spacial score (nSPS) is 20.1. The van der Waals surface area contributed by atoms with Gasteiger partial charge in [-0.1, -0.05) is 0 Å². The first kappa shape index (κ1) is 13.4. The van der Waals surface area contributed by atoms with Crippen molar-refractivity contribution in [2.24, 2.45) is 0 Å². The SMILES string of the molecule is CN(CC1CCCN1C)C(=O)c1ccc(S)cc1. The van der Waals surface area contributed by atoms with E-state index in [1.807, 2.05) is 36.2 Å². The van der Waals surface area contributed by atoms with Crippen LogP contribution in [0.15, 0.2) is 29.2 Å². The first-order valence-electron chi connectivity index (χ1n) is 6.32. The second-order valence-electron chi connectivity index (χ2n) is 5.01. The number of carbonyl (C=O) groups is 1. The maximum atomic E-state index is 12.2. The zero-order valence-electron chi connectivity index (χ0n) is 11.0. The second-order valence-corrected chi connectivity index (χ2v) is 5.53. The van der Waals surface area contributed by atoms with Gasteiger partial charge >= 0.3 is 0 Å². The highest BCUT2D eigenvalue weighted by Gasteiger charge is 2.24. The lowest BCUT2D eigenvalue weighted by Crippen LogP contribution is -2.39. The number of hydrogen-bond acceptors (Lipinski definition) is 3. The van der Waals surface area contributed by atoms with Gasteiger partial charge in [-0.2, -0.15) is 0 Å². The smallest absolute Gasteiger partial charge is 0.253 e. The number of likely N-dealkylation sites (tertiary alicyclic amines) is 1. The molecule has 0 radical (unpaired) electrons. The molecule has 1 saturated heterocycles. The molecule has 0 bridgehead atoms. The van der Waals surface area contributed by atoms with E-state index in [2.05, 4.69) is 24.6 Å². The van der Waals surface area contributed by atoms with E-state index in [9.17, 15) is 4.79 Å². The van der Waals surface area contributed by atoms with Crippen LogP contribution in [0.2, 0.25) is 0 Å². The zero-order chi connectivity index (χ0) is 13.1. The summed E-state index contributed by atoms with van der Waals surface area (Å²) in [6, 6.07) is 7.87. The van der Waals surface area contributed by atoms with Crippen LogP contribution in [0.3, 0.4) is 0 Å². The maximum absolute atomic E-state index is 12.2. The fraction of sp³-hybridized carbons (Fsp3) is 0.500. The molecular weight excluding hydrogens is 244 g/mol. The molecule has 0 spiro atoms. The summed E-state index contributed by atoms with van der Waals surface area (Å²) in [4.78, 5) is 17.3. The Kier molecular flexibility index (Phi) is 4.30. The highest BCUT2D eigenvalue weighted by atomic mass is 32.1. The molecule has 1 aliphatic heterocycles. The van der Waals surface area contributed by atoms with Gasteiger partial charge in [0.05, 0.1) is 0 Å². The Balaban J connectivity index is 1.98. The lowest BCUT2D eigenvalue weighted by Gasteiger charge is -2.26. The number of nitrogens with zero attached hydrogens (tertiary/aromatic N) is 2. The number of carbonyl (C=O) groups excluding carboxylic acids is 1. The topological polar surface area (TPSA) is 23.6 Å². The lowest BCUT2D eigenvalue weighted by molar-refractivity contribution is 0.0761. The van der Waals surface area contributed by atoms with Gasteiger partial charge in [-0.15, -0.1) is 12.6 Å². The van der Waals surface area contributed by atoms with Gasteiger partial charge in [0.1, 0.15) is 0 Å². The van der Waals surface area contributed by atoms with Crippen molar-refractivity contribution in [2.75, 3.05) is 27.2 Å². The monoisotopic (exact) mass is 264 g/mol. The number of hydrogen-bond donors (Lipinski definition) is 1. The Morgan fingerprint density at radius 2 is 2.11 bits per heavy atom. The van der Waals surface area contributed by atoms with Crippen LogP contribution in [0, 0.1) is 0 Å². The summed E-state index contributed by atoms with van der Waals surface area (Å²) in [6.45, 7) is 1.94. The van der Waals surface area contributed by atoms with Gasteiger partial charge in [0, 0.05) is 30.1 Å². The Morgan fingerprint density at radius 1 is 1.44 bits per heavy atom. The van der Waals surface area contributed by atoms with E-state index in [-0.39, 0.29) is 5.91 Å². The van der Waals surface area contributed by atoms with Crippen molar-refractivity contribution in [3.8, 4) is 0 Å². The molecule has 0 aromatic heterocycles. The molecule has 4 heteroatoms. The first-order valence-corrected chi connectivity index (χ1v) is 6.77. The quantitative estimate of drug-likeness (QED) is 0.846. The van der Waals surface area contributed by atoms with Gasteiger partial charge in [0.15, 0.2) is 0 Å². The van der Waals surface area contributed by atoms with Gasteiger partial charge in [-0.3, -0.25) is 4.79 Å². The van der Waals surface area contributed by atoms with Gasteiger partial charge < -0.3 is 9.80 Å². The van der Waals surface area contributed by atoms with E-state index >= 15 is 0 Å². The maximum Gasteiger partial charge on any atom is 0.253 e. The zero-order valence-corrected chi connectivity index (χ0v) is 11.9. The molecule has 1 heterocycles. The van der Waals surface area contributed by atoms with Crippen LogP contribution in [0.1, 0.15) is 23.2 Å². The highest BCUT2D eigenvalue weighted by Crippen LogP contribution is 2.16. The molecule has 0 aliphatic carbocycles. The average Bonchev–Trinajstić information content (AvgIpc) is 2.75. The van der Waals surface area contributed by atoms with E-state index in [1.165, 1.54) is 12.8 Å². The first-order chi connectivity index (χ1) is 8.58. The molecule has 1 aromatic rings. The molecule has 2 rings (SSSR count). The fourth-order valence-corrected chi connectivity index (χ4v) is 2.58. The minimum Gasteiger partial charge on any atom is -0.340 e. The second kappa shape index (κ2) is 5.76. The summed E-state index contributed by atoms with van der Waals surface area (Å²) >= 11 is 4.23. The average molecular weight is 264 g/mol.